The first-order chi connectivity index (χ1) is 18.1. The van der Waals surface area contributed by atoms with Crippen LogP contribution in [0.5, 0.6) is 0 Å². The Morgan fingerprint density at radius 2 is 2.16 bits per heavy atom. The summed E-state index contributed by atoms with van der Waals surface area (Å²) >= 11 is 1.46. The maximum Gasteiger partial charge on any atom is 0.328 e. The number of aryl methyl sites for hydroxylation is 2. The number of anilines is 2. The first-order valence-electron chi connectivity index (χ1n) is 13.0. The lowest BCUT2D eigenvalue weighted by Gasteiger charge is -2.32. The van der Waals surface area contributed by atoms with Crippen molar-refractivity contribution in [3.8, 4) is 0 Å². The first-order valence-corrected chi connectivity index (χ1v) is 13.8. The van der Waals surface area contributed by atoms with E-state index in [2.05, 4.69) is 43.0 Å². The van der Waals surface area contributed by atoms with Crippen LogP contribution in [-0.4, -0.2) is 75.6 Å². The smallest absolute Gasteiger partial charge is 0.328 e. The van der Waals surface area contributed by atoms with Crippen molar-refractivity contribution in [1.29, 1.82) is 0 Å². The zero-order chi connectivity index (χ0) is 25.6. The van der Waals surface area contributed by atoms with E-state index in [1.807, 2.05) is 11.4 Å². The number of aromatic nitrogens is 3. The molecule has 2 aliphatic rings. The van der Waals surface area contributed by atoms with Gasteiger partial charge in [0.05, 0.1) is 11.3 Å². The third kappa shape index (κ3) is 6.34. The molecule has 5 rings (SSSR count). The molecular weight excluding hydrogens is 490 g/mol. The number of fused-ring (bicyclic) bond motifs is 2. The molecule has 0 saturated carbocycles. The van der Waals surface area contributed by atoms with Crippen LogP contribution in [-0.2, 0) is 22.4 Å². The summed E-state index contributed by atoms with van der Waals surface area (Å²) in [4.78, 5) is 41.1. The number of nitrogens with one attached hydrogen (secondary N) is 3. The van der Waals surface area contributed by atoms with Gasteiger partial charge in [0.15, 0.2) is 0 Å². The van der Waals surface area contributed by atoms with Crippen LogP contribution in [0.25, 0.3) is 10.2 Å². The van der Waals surface area contributed by atoms with E-state index in [0.717, 1.165) is 79.9 Å². The number of likely N-dealkylation sites (tertiary alicyclic amines) is 1. The predicted octanol–water partition coefficient (Wildman–Crippen LogP) is 2.77. The number of piperidine rings is 1. The van der Waals surface area contributed by atoms with Crippen LogP contribution < -0.4 is 16.0 Å². The van der Waals surface area contributed by atoms with Gasteiger partial charge in [-0.05, 0) is 74.7 Å². The summed E-state index contributed by atoms with van der Waals surface area (Å²) in [5, 5.41) is 21.6. The van der Waals surface area contributed by atoms with Crippen LogP contribution in [0.3, 0.4) is 0 Å². The van der Waals surface area contributed by atoms with Crippen molar-refractivity contribution in [2.75, 3.05) is 43.4 Å². The molecular formula is C26H33N7O3S. The summed E-state index contributed by atoms with van der Waals surface area (Å²) in [5.41, 5.74) is 2.41. The van der Waals surface area contributed by atoms with Crippen molar-refractivity contribution in [3.63, 3.8) is 0 Å². The van der Waals surface area contributed by atoms with E-state index in [-0.39, 0.29) is 18.4 Å². The van der Waals surface area contributed by atoms with Crippen molar-refractivity contribution in [3.05, 3.63) is 41.2 Å². The monoisotopic (exact) mass is 523 g/mol. The molecule has 11 heteroatoms. The van der Waals surface area contributed by atoms with Gasteiger partial charge in [-0.2, -0.15) is 0 Å². The lowest BCUT2D eigenvalue weighted by Crippen LogP contribution is -2.47. The van der Waals surface area contributed by atoms with Crippen LogP contribution >= 0.6 is 11.3 Å². The highest BCUT2D eigenvalue weighted by Gasteiger charge is 2.27. The number of carbonyl (C=O) groups excluding carboxylic acids is 1. The van der Waals surface area contributed by atoms with Crippen molar-refractivity contribution < 1.29 is 14.7 Å². The van der Waals surface area contributed by atoms with Crippen LogP contribution in [0.15, 0.2) is 29.9 Å². The molecule has 37 heavy (non-hydrogen) atoms. The summed E-state index contributed by atoms with van der Waals surface area (Å²) in [6.45, 7) is 3.56. The minimum atomic E-state index is -1.04. The van der Waals surface area contributed by atoms with Crippen LogP contribution in [0, 0.1) is 5.92 Å². The topological polar surface area (TPSA) is 132 Å². The van der Waals surface area contributed by atoms with Gasteiger partial charge in [0, 0.05) is 25.3 Å². The lowest BCUT2D eigenvalue weighted by molar-refractivity contribution is -0.138. The Labute approximate surface area is 219 Å². The third-order valence-electron chi connectivity index (χ3n) is 7.09. The highest BCUT2D eigenvalue weighted by Crippen LogP contribution is 2.24. The van der Waals surface area contributed by atoms with Gasteiger partial charge in [0.2, 0.25) is 5.91 Å². The Hall–Kier alpha value is -3.31. The van der Waals surface area contributed by atoms with Crippen LogP contribution in [0.4, 0.5) is 11.6 Å². The van der Waals surface area contributed by atoms with Crippen LogP contribution in [0.2, 0.25) is 0 Å². The fraction of sp³-hybridized carbons (Fsp3) is 0.500. The minimum Gasteiger partial charge on any atom is -0.480 e. The van der Waals surface area contributed by atoms with Crippen molar-refractivity contribution in [1.82, 2.24) is 25.2 Å². The number of carboxylic acid groups (broad SMARTS) is 1. The number of carboxylic acids is 1. The maximum absolute atomic E-state index is 12.9. The van der Waals surface area contributed by atoms with Gasteiger partial charge in [-0.1, -0.05) is 6.07 Å². The summed E-state index contributed by atoms with van der Waals surface area (Å²) in [6.07, 6.45) is 7.33. The van der Waals surface area contributed by atoms with Gasteiger partial charge in [-0.25, -0.2) is 19.7 Å². The number of hydrogen-bond donors (Lipinski definition) is 4. The van der Waals surface area contributed by atoms with E-state index in [1.165, 1.54) is 23.2 Å². The lowest BCUT2D eigenvalue weighted by atomic mass is 9.96. The Bertz CT molecular complexity index is 1250. The quantitative estimate of drug-likeness (QED) is 0.317. The normalized spacial score (nSPS) is 18.5. The summed E-state index contributed by atoms with van der Waals surface area (Å²) in [7, 11) is 0. The second-order valence-corrected chi connectivity index (χ2v) is 10.6. The Morgan fingerprint density at radius 1 is 1.24 bits per heavy atom. The van der Waals surface area contributed by atoms with E-state index in [4.69, 9.17) is 4.98 Å². The first kappa shape index (κ1) is 25.3. The van der Waals surface area contributed by atoms with Gasteiger partial charge in [0.1, 0.15) is 28.8 Å². The number of amides is 1. The van der Waals surface area contributed by atoms with Crippen LogP contribution in [0.1, 0.15) is 36.9 Å². The van der Waals surface area contributed by atoms with Gasteiger partial charge in [-0.15, -0.1) is 11.3 Å². The number of carbonyl (C=O) groups is 2. The molecule has 3 aromatic rings. The average molecular weight is 524 g/mol. The Kier molecular flexibility index (Phi) is 8.10. The predicted molar refractivity (Wildman–Crippen MR) is 144 cm³/mol. The fourth-order valence-electron chi connectivity index (χ4n) is 5.08. The molecule has 1 fully saturated rings. The molecule has 10 nitrogen and oxygen atoms in total. The molecule has 2 aliphatic heterocycles. The van der Waals surface area contributed by atoms with Gasteiger partial charge in [-0.3, -0.25) is 4.79 Å². The van der Waals surface area contributed by atoms with E-state index in [0.29, 0.717) is 12.4 Å². The number of aliphatic carboxylic acids is 1. The molecule has 0 bridgehead atoms. The second-order valence-electron chi connectivity index (χ2n) is 9.73. The molecule has 0 aromatic carbocycles. The number of rotatable bonds is 10. The third-order valence-corrected chi connectivity index (χ3v) is 7.91. The van der Waals surface area contributed by atoms with Gasteiger partial charge in [0.25, 0.3) is 0 Å². The van der Waals surface area contributed by atoms with Gasteiger partial charge >= 0.3 is 5.97 Å². The molecule has 0 radical (unpaired) electrons. The number of hydrogen-bond acceptors (Lipinski definition) is 9. The van der Waals surface area contributed by atoms with E-state index >= 15 is 0 Å². The number of pyridine rings is 1. The van der Waals surface area contributed by atoms with Crippen molar-refractivity contribution in [2.45, 2.75) is 44.6 Å². The molecule has 0 spiro atoms. The zero-order valence-corrected chi connectivity index (χ0v) is 21.6. The summed E-state index contributed by atoms with van der Waals surface area (Å²) < 4.78 is 0. The molecule has 2 atom stereocenters. The van der Waals surface area contributed by atoms with E-state index < -0.39 is 12.0 Å². The minimum absolute atomic E-state index is 0.0155. The largest absolute Gasteiger partial charge is 0.480 e. The Morgan fingerprint density at radius 3 is 3.05 bits per heavy atom. The molecule has 1 saturated heterocycles. The summed E-state index contributed by atoms with van der Waals surface area (Å²) in [5.74, 6) is 0.215. The summed E-state index contributed by atoms with van der Waals surface area (Å²) in [6, 6.07) is 5.20. The molecule has 1 amide bonds. The Balaban J connectivity index is 1.09. The molecule has 196 valence electrons. The van der Waals surface area contributed by atoms with Crippen molar-refractivity contribution in [2.24, 2.45) is 5.92 Å². The average Bonchev–Trinajstić information content (AvgIpc) is 3.41. The molecule has 3 aromatic heterocycles. The zero-order valence-electron chi connectivity index (χ0n) is 20.8. The number of nitrogens with zero attached hydrogens (tertiary/aromatic N) is 4. The van der Waals surface area contributed by atoms with Gasteiger partial charge < -0.3 is 26.0 Å². The van der Waals surface area contributed by atoms with Crippen molar-refractivity contribution >= 4 is 45.1 Å². The molecule has 5 heterocycles. The SMILES string of the molecule is O=C(O)C(CNC(=O)[C@@H]1CCCN(CCCc2ccc3c(n2)NCCC3)C1)Nc1ncnc2sccc12. The highest BCUT2D eigenvalue weighted by molar-refractivity contribution is 7.16. The highest BCUT2D eigenvalue weighted by atomic mass is 32.1. The molecule has 0 aliphatic carbocycles. The molecule has 1 unspecified atom stereocenters. The maximum atomic E-state index is 12.9. The standard InChI is InChI=1S/C26H33N7O3S/c34-24(28-14-21(26(35)36)32-23-20-9-13-37-25(20)30-16-29-23)18-5-2-11-33(15-18)12-3-6-19-8-7-17-4-1-10-27-22(17)31-19/h7-9,13,16,18,21H,1-6,10-12,14-15H2,(H,27,31)(H,28,34)(H,35,36)(H,29,30,32)/t18-,21?/m1/s1. The fourth-order valence-corrected chi connectivity index (χ4v) is 5.81. The second kappa shape index (κ2) is 11.8. The van der Waals surface area contributed by atoms with E-state index in [1.54, 1.807) is 0 Å². The molecule has 4 N–H and O–H groups in total. The number of thiophene rings is 1. The van der Waals surface area contributed by atoms with E-state index in [9.17, 15) is 14.7 Å².